The number of nitrogens with one attached hydrogen (secondary N) is 1. The van der Waals surface area contributed by atoms with Crippen LogP contribution >= 0.6 is 0 Å². The molecule has 1 amide bonds. The quantitative estimate of drug-likeness (QED) is 0.768. The number of aryl methyl sites for hydroxylation is 1. The molecule has 1 aliphatic rings. The highest BCUT2D eigenvalue weighted by atomic mass is 16.1. The summed E-state index contributed by atoms with van der Waals surface area (Å²) in [5, 5.41) is 11.7. The van der Waals surface area contributed by atoms with E-state index in [0.717, 1.165) is 35.9 Å². The van der Waals surface area contributed by atoms with Crippen molar-refractivity contribution >= 4 is 11.6 Å². The molecule has 0 atom stereocenters. The maximum atomic E-state index is 12.3. The SMILES string of the molecule is O=C(Nc1ccc(-c2nnc3n2CCCCCC3)cc1)c1ccccc1. The molecule has 1 N–H and O–H groups in total. The van der Waals surface area contributed by atoms with Gasteiger partial charge >= 0.3 is 0 Å². The molecule has 3 aromatic rings. The van der Waals surface area contributed by atoms with Gasteiger partial charge in [-0.25, -0.2) is 0 Å². The Morgan fingerprint density at radius 2 is 1.65 bits per heavy atom. The third kappa shape index (κ3) is 3.52. The Balaban J connectivity index is 1.52. The van der Waals surface area contributed by atoms with Crippen LogP contribution in [0.2, 0.25) is 0 Å². The van der Waals surface area contributed by atoms with Crippen molar-refractivity contribution in [3.8, 4) is 11.4 Å². The topological polar surface area (TPSA) is 59.8 Å². The Labute approximate surface area is 153 Å². The van der Waals surface area contributed by atoms with E-state index < -0.39 is 0 Å². The van der Waals surface area contributed by atoms with Crippen molar-refractivity contribution in [2.45, 2.75) is 38.6 Å². The number of fused-ring (bicyclic) bond motifs is 1. The van der Waals surface area contributed by atoms with Crippen LogP contribution in [0.4, 0.5) is 5.69 Å². The molecule has 2 heterocycles. The van der Waals surface area contributed by atoms with Gasteiger partial charge in [-0.3, -0.25) is 4.79 Å². The molecule has 0 radical (unpaired) electrons. The monoisotopic (exact) mass is 346 g/mol. The van der Waals surface area contributed by atoms with E-state index >= 15 is 0 Å². The van der Waals surface area contributed by atoms with E-state index in [9.17, 15) is 4.79 Å². The number of rotatable bonds is 3. The highest BCUT2D eigenvalue weighted by molar-refractivity contribution is 6.04. The molecular formula is C21H22N4O. The van der Waals surface area contributed by atoms with Crippen molar-refractivity contribution in [1.82, 2.24) is 14.8 Å². The lowest BCUT2D eigenvalue weighted by Crippen LogP contribution is -2.11. The summed E-state index contributed by atoms with van der Waals surface area (Å²) in [5.41, 5.74) is 2.45. The lowest BCUT2D eigenvalue weighted by molar-refractivity contribution is 0.102. The molecule has 0 spiro atoms. The van der Waals surface area contributed by atoms with Crippen LogP contribution in [0.1, 0.15) is 41.9 Å². The van der Waals surface area contributed by atoms with Gasteiger partial charge < -0.3 is 9.88 Å². The first-order valence-corrected chi connectivity index (χ1v) is 9.20. The smallest absolute Gasteiger partial charge is 0.255 e. The van der Waals surface area contributed by atoms with Crippen LogP contribution in [-0.4, -0.2) is 20.7 Å². The minimum atomic E-state index is -0.106. The van der Waals surface area contributed by atoms with Gasteiger partial charge in [0.25, 0.3) is 5.91 Å². The lowest BCUT2D eigenvalue weighted by atomic mass is 10.1. The van der Waals surface area contributed by atoms with Gasteiger partial charge in [0.1, 0.15) is 5.82 Å². The molecule has 5 nitrogen and oxygen atoms in total. The maximum Gasteiger partial charge on any atom is 0.255 e. The molecule has 4 rings (SSSR count). The summed E-state index contributed by atoms with van der Waals surface area (Å²) in [6.45, 7) is 0.976. The van der Waals surface area contributed by atoms with E-state index in [0.29, 0.717) is 5.56 Å². The molecule has 1 aromatic heterocycles. The molecule has 0 aliphatic carbocycles. The standard InChI is InChI=1S/C21H22N4O/c26-21(17-8-4-3-5-9-17)22-18-13-11-16(12-14-18)20-24-23-19-10-6-1-2-7-15-25(19)20/h3-5,8-9,11-14H,1-2,6-7,10,15H2,(H,22,26). The minimum absolute atomic E-state index is 0.106. The summed E-state index contributed by atoms with van der Waals surface area (Å²) in [4.78, 5) is 12.3. The second kappa shape index (κ2) is 7.52. The van der Waals surface area contributed by atoms with Gasteiger partial charge in [0.15, 0.2) is 5.82 Å². The molecular weight excluding hydrogens is 324 g/mol. The Bertz CT molecular complexity index is 884. The number of hydrogen-bond donors (Lipinski definition) is 1. The first-order chi connectivity index (χ1) is 12.8. The van der Waals surface area contributed by atoms with Gasteiger partial charge in [0, 0.05) is 29.8 Å². The van der Waals surface area contributed by atoms with Crippen molar-refractivity contribution in [2.75, 3.05) is 5.32 Å². The summed E-state index contributed by atoms with van der Waals surface area (Å²) >= 11 is 0. The van der Waals surface area contributed by atoms with Crippen LogP contribution in [0.5, 0.6) is 0 Å². The normalized spacial score (nSPS) is 14.2. The number of nitrogens with zero attached hydrogens (tertiary/aromatic N) is 3. The highest BCUT2D eigenvalue weighted by Crippen LogP contribution is 2.24. The second-order valence-electron chi connectivity index (χ2n) is 6.65. The van der Waals surface area contributed by atoms with Crippen LogP contribution < -0.4 is 5.32 Å². The number of anilines is 1. The van der Waals surface area contributed by atoms with E-state index in [1.54, 1.807) is 12.1 Å². The van der Waals surface area contributed by atoms with Gasteiger partial charge in [-0.15, -0.1) is 10.2 Å². The third-order valence-corrected chi connectivity index (χ3v) is 4.80. The zero-order valence-corrected chi connectivity index (χ0v) is 14.7. The van der Waals surface area contributed by atoms with Crippen LogP contribution in [0.3, 0.4) is 0 Å². The van der Waals surface area contributed by atoms with Crippen molar-refractivity contribution in [3.63, 3.8) is 0 Å². The molecule has 0 saturated carbocycles. The van der Waals surface area contributed by atoms with Gasteiger partial charge in [-0.1, -0.05) is 31.0 Å². The Morgan fingerprint density at radius 1 is 0.885 bits per heavy atom. The largest absolute Gasteiger partial charge is 0.322 e. The fraction of sp³-hybridized carbons (Fsp3) is 0.286. The summed E-state index contributed by atoms with van der Waals surface area (Å²) in [7, 11) is 0. The van der Waals surface area contributed by atoms with E-state index in [-0.39, 0.29) is 5.91 Å². The average Bonchev–Trinajstić information content (AvgIpc) is 3.04. The number of benzene rings is 2. The fourth-order valence-electron chi connectivity index (χ4n) is 3.37. The molecule has 5 heteroatoms. The van der Waals surface area contributed by atoms with Crippen LogP contribution in [0.15, 0.2) is 54.6 Å². The van der Waals surface area contributed by atoms with E-state index in [1.807, 2.05) is 42.5 Å². The number of aromatic nitrogens is 3. The van der Waals surface area contributed by atoms with Crippen molar-refractivity contribution < 1.29 is 4.79 Å². The van der Waals surface area contributed by atoms with E-state index in [2.05, 4.69) is 20.1 Å². The lowest BCUT2D eigenvalue weighted by Gasteiger charge is -2.13. The van der Waals surface area contributed by atoms with Crippen LogP contribution in [-0.2, 0) is 13.0 Å². The van der Waals surface area contributed by atoms with Gasteiger partial charge in [0.2, 0.25) is 0 Å². The molecule has 0 saturated heterocycles. The predicted molar refractivity (Wildman–Crippen MR) is 102 cm³/mol. The van der Waals surface area contributed by atoms with Crippen LogP contribution in [0.25, 0.3) is 11.4 Å². The molecule has 2 aromatic carbocycles. The predicted octanol–water partition coefficient (Wildman–Crippen LogP) is 4.31. The summed E-state index contributed by atoms with van der Waals surface area (Å²) in [6, 6.07) is 17.0. The number of hydrogen-bond acceptors (Lipinski definition) is 3. The molecule has 1 aliphatic heterocycles. The van der Waals surface area contributed by atoms with Crippen LogP contribution in [0, 0.1) is 0 Å². The Hall–Kier alpha value is -2.95. The number of amides is 1. The zero-order chi connectivity index (χ0) is 17.8. The first kappa shape index (κ1) is 16.5. The summed E-state index contributed by atoms with van der Waals surface area (Å²) < 4.78 is 2.25. The van der Waals surface area contributed by atoms with Crippen molar-refractivity contribution in [3.05, 3.63) is 66.0 Å². The van der Waals surface area contributed by atoms with E-state index in [1.165, 1.54) is 25.7 Å². The highest BCUT2D eigenvalue weighted by Gasteiger charge is 2.15. The number of carbonyl (C=O) groups is 1. The van der Waals surface area contributed by atoms with Gasteiger partial charge in [-0.05, 0) is 49.2 Å². The fourth-order valence-corrected chi connectivity index (χ4v) is 3.37. The molecule has 26 heavy (non-hydrogen) atoms. The number of carbonyl (C=O) groups excluding carboxylic acids is 1. The third-order valence-electron chi connectivity index (χ3n) is 4.80. The van der Waals surface area contributed by atoms with Gasteiger partial charge in [0.05, 0.1) is 0 Å². The molecule has 132 valence electrons. The summed E-state index contributed by atoms with van der Waals surface area (Å²) in [5.74, 6) is 1.90. The second-order valence-corrected chi connectivity index (χ2v) is 6.65. The van der Waals surface area contributed by atoms with Gasteiger partial charge in [-0.2, -0.15) is 0 Å². The zero-order valence-electron chi connectivity index (χ0n) is 14.7. The molecule has 0 unspecified atom stereocenters. The van der Waals surface area contributed by atoms with Crippen molar-refractivity contribution in [2.24, 2.45) is 0 Å². The van der Waals surface area contributed by atoms with Crippen molar-refractivity contribution in [1.29, 1.82) is 0 Å². The maximum absolute atomic E-state index is 12.3. The van der Waals surface area contributed by atoms with E-state index in [4.69, 9.17) is 0 Å². The molecule has 0 bridgehead atoms. The Kier molecular flexibility index (Phi) is 4.78. The summed E-state index contributed by atoms with van der Waals surface area (Å²) in [6.07, 6.45) is 5.89. The average molecular weight is 346 g/mol. The minimum Gasteiger partial charge on any atom is -0.322 e. The molecule has 0 fully saturated rings. The Morgan fingerprint density at radius 3 is 2.46 bits per heavy atom. The first-order valence-electron chi connectivity index (χ1n) is 9.20.